The fraction of sp³-hybridized carbons (Fsp3) is 0.786. The molecule has 120 valence electrons. The number of hydrogen-bond acceptors (Lipinski definition) is 4. The summed E-state index contributed by atoms with van der Waals surface area (Å²) in [6.07, 6.45) is 0.363. The van der Waals surface area contributed by atoms with Gasteiger partial charge in [-0.3, -0.25) is 0 Å². The lowest BCUT2D eigenvalue weighted by Gasteiger charge is -2.42. The molecular formula is C14H21F3N2OS. The zero-order chi connectivity index (χ0) is 15.7. The Morgan fingerprint density at radius 2 is 2.10 bits per heavy atom. The van der Waals surface area contributed by atoms with E-state index in [0.29, 0.717) is 28.7 Å². The van der Waals surface area contributed by atoms with Gasteiger partial charge in [0.1, 0.15) is 0 Å². The first kappa shape index (κ1) is 16.7. The molecule has 0 bridgehead atoms. The third kappa shape index (κ3) is 3.57. The van der Waals surface area contributed by atoms with Crippen molar-refractivity contribution in [1.29, 1.82) is 0 Å². The zero-order valence-corrected chi connectivity index (χ0v) is 13.1. The smallest absolute Gasteiger partial charge is 0.373 e. The number of halogens is 3. The summed E-state index contributed by atoms with van der Waals surface area (Å²) < 4.78 is 43.9. The van der Waals surface area contributed by atoms with Crippen LogP contribution in [-0.2, 0) is 10.9 Å². The molecule has 1 fully saturated rings. The molecule has 1 aromatic heterocycles. The Bertz CT molecular complexity index is 467. The first-order valence-electron chi connectivity index (χ1n) is 7.21. The van der Waals surface area contributed by atoms with Crippen molar-refractivity contribution >= 4 is 11.3 Å². The summed E-state index contributed by atoms with van der Waals surface area (Å²) in [4.78, 5) is 3.92. The monoisotopic (exact) mass is 322 g/mol. The summed E-state index contributed by atoms with van der Waals surface area (Å²) in [5, 5.41) is -0.844. The lowest BCUT2D eigenvalue weighted by molar-refractivity contribution is -0.137. The maximum absolute atomic E-state index is 12.7. The quantitative estimate of drug-likeness (QED) is 0.906. The average Bonchev–Trinajstić information content (AvgIpc) is 2.90. The predicted molar refractivity (Wildman–Crippen MR) is 76.0 cm³/mol. The van der Waals surface area contributed by atoms with Crippen molar-refractivity contribution in [3.05, 3.63) is 16.1 Å². The molecule has 2 N–H and O–H groups in total. The van der Waals surface area contributed by atoms with Gasteiger partial charge < -0.3 is 10.5 Å². The number of ether oxygens (including phenoxy) is 1. The van der Waals surface area contributed by atoms with Crippen LogP contribution in [-0.4, -0.2) is 17.2 Å². The molecule has 1 heterocycles. The lowest BCUT2D eigenvalue weighted by atomic mass is 9.75. The summed E-state index contributed by atoms with van der Waals surface area (Å²) in [6, 6.07) is -0.557. The second-order valence-electron chi connectivity index (χ2n) is 5.72. The zero-order valence-electron chi connectivity index (χ0n) is 12.2. The lowest BCUT2D eigenvalue weighted by Crippen LogP contribution is -2.46. The third-order valence-corrected chi connectivity index (χ3v) is 5.32. The van der Waals surface area contributed by atoms with Gasteiger partial charge in [-0.15, -0.1) is 11.3 Å². The minimum Gasteiger partial charge on any atom is -0.373 e. The van der Waals surface area contributed by atoms with Crippen LogP contribution in [0.25, 0.3) is 0 Å². The Labute approximate surface area is 126 Å². The van der Waals surface area contributed by atoms with Crippen LogP contribution in [0.3, 0.4) is 0 Å². The van der Waals surface area contributed by atoms with Gasteiger partial charge >= 0.3 is 6.18 Å². The van der Waals surface area contributed by atoms with Gasteiger partial charge in [-0.25, -0.2) is 4.98 Å². The molecule has 1 aliphatic rings. The number of hydrogen-bond donors (Lipinski definition) is 1. The number of alkyl halides is 3. The average molecular weight is 322 g/mol. The molecule has 1 saturated carbocycles. The number of thiazole rings is 1. The molecular weight excluding hydrogens is 301 g/mol. The van der Waals surface area contributed by atoms with Crippen LogP contribution in [0, 0.1) is 5.92 Å². The summed E-state index contributed by atoms with van der Waals surface area (Å²) in [7, 11) is 0. The molecule has 1 unspecified atom stereocenters. The fourth-order valence-electron chi connectivity index (χ4n) is 2.90. The Morgan fingerprint density at radius 1 is 1.48 bits per heavy atom. The first-order chi connectivity index (χ1) is 9.78. The van der Waals surface area contributed by atoms with Crippen molar-refractivity contribution in [2.45, 2.75) is 57.3 Å². The Kier molecular flexibility index (Phi) is 4.95. The van der Waals surface area contributed by atoms with Gasteiger partial charge in [0.25, 0.3) is 0 Å². The van der Waals surface area contributed by atoms with Crippen LogP contribution in [0.2, 0.25) is 0 Å². The van der Waals surface area contributed by atoms with E-state index in [1.54, 1.807) is 0 Å². The standard InChI is InChI=1S/C14H21F3N2OS/c1-3-20-13(6-4-9(2)5-7-13)11(18)10-8-19-12(21-10)14(15,16)17/h8-9,11H,3-7,18H2,1-2H3. The molecule has 0 aromatic carbocycles. The molecule has 0 aliphatic heterocycles. The van der Waals surface area contributed by atoms with E-state index in [-0.39, 0.29) is 0 Å². The highest BCUT2D eigenvalue weighted by molar-refractivity contribution is 7.11. The number of aromatic nitrogens is 1. The number of rotatable bonds is 4. The molecule has 3 nitrogen and oxygen atoms in total. The van der Waals surface area contributed by atoms with Gasteiger partial charge in [0, 0.05) is 17.7 Å². The summed E-state index contributed by atoms with van der Waals surface area (Å²) in [6.45, 7) is 4.57. The van der Waals surface area contributed by atoms with Crippen molar-refractivity contribution in [1.82, 2.24) is 4.98 Å². The number of nitrogens with two attached hydrogens (primary N) is 1. The molecule has 7 heteroatoms. The highest BCUT2D eigenvalue weighted by atomic mass is 32.1. The van der Waals surface area contributed by atoms with Crippen LogP contribution in [0.4, 0.5) is 13.2 Å². The van der Waals surface area contributed by atoms with Gasteiger partial charge in [-0.05, 0) is 38.5 Å². The summed E-state index contributed by atoms with van der Waals surface area (Å²) in [5.41, 5.74) is 5.71. The molecule has 0 spiro atoms. The van der Waals surface area contributed by atoms with E-state index >= 15 is 0 Å². The van der Waals surface area contributed by atoms with Gasteiger partial charge in [-0.1, -0.05) is 6.92 Å². The fourth-order valence-corrected chi connectivity index (χ4v) is 3.80. The van der Waals surface area contributed by atoms with E-state index in [9.17, 15) is 13.2 Å². The minimum absolute atomic E-state index is 0.449. The Balaban J connectivity index is 2.22. The maximum atomic E-state index is 12.7. The topological polar surface area (TPSA) is 48.1 Å². The molecule has 1 aliphatic carbocycles. The summed E-state index contributed by atoms with van der Waals surface area (Å²) in [5.74, 6) is 0.609. The van der Waals surface area contributed by atoms with Gasteiger partial charge in [-0.2, -0.15) is 13.2 Å². The molecule has 1 atom stereocenters. The van der Waals surface area contributed by atoms with Crippen LogP contribution in [0.1, 0.15) is 55.5 Å². The first-order valence-corrected chi connectivity index (χ1v) is 8.02. The summed E-state index contributed by atoms with van der Waals surface area (Å²) >= 11 is 0.626. The van der Waals surface area contributed by atoms with Crippen LogP contribution in [0.15, 0.2) is 6.20 Å². The minimum atomic E-state index is -4.41. The van der Waals surface area contributed by atoms with Crippen molar-refractivity contribution in [2.75, 3.05) is 6.61 Å². The second-order valence-corrected chi connectivity index (χ2v) is 6.79. The van der Waals surface area contributed by atoms with Crippen LogP contribution >= 0.6 is 11.3 Å². The molecule has 0 radical (unpaired) electrons. The van der Waals surface area contributed by atoms with Crippen molar-refractivity contribution < 1.29 is 17.9 Å². The molecule has 2 rings (SSSR count). The third-order valence-electron chi connectivity index (χ3n) is 4.19. The van der Waals surface area contributed by atoms with Gasteiger partial charge in [0.15, 0.2) is 5.01 Å². The normalized spacial score (nSPS) is 28.6. The Hall–Kier alpha value is -0.660. The van der Waals surface area contributed by atoms with E-state index in [4.69, 9.17) is 10.5 Å². The number of nitrogens with zero attached hydrogens (tertiary/aromatic N) is 1. The predicted octanol–water partition coefficient (Wildman–Crippen LogP) is 4.15. The van der Waals surface area contributed by atoms with E-state index < -0.39 is 22.8 Å². The van der Waals surface area contributed by atoms with Crippen LogP contribution in [0.5, 0.6) is 0 Å². The highest BCUT2D eigenvalue weighted by Gasteiger charge is 2.43. The molecule has 0 saturated heterocycles. The molecule has 1 aromatic rings. The molecule has 0 amide bonds. The molecule has 21 heavy (non-hydrogen) atoms. The van der Waals surface area contributed by atoms with Gasteiger partial charge in [0.05, 0.1) is 11.6 Å². The highest BCUT2D eigenvalue weighted by Crippen LogP contribution is 2.44. The maximum Gasteiger partial charge on any atom is 0.443 e. The van der Waals surface area contributed by atoms with Crippen molar-refractivity contribution in [2.24, 2.45) is 11.7 Å². The van der Waals surface area contributed by atoms with E-state index in [1.165, 1.54) is 6.20 Å². The SMILES string of the molecule is CCOC1(C(N)c2cnc(C(F)(F)F)s2)CCC(C)CC1. The van der Waals surface area contributed by atoms with Gasteiger partial charge in [0.2, 0.25) is 0 Å². The second kappa shape index (κ2) is 6.22. The van der Waals surface area contributed by atoms with Crippen LogP contribution < -0.4 is 5.73 Å². The van der Waals surface area contributed by atoms with E-state index in [1.807, 2.05) is 6.92 Å². The van der Waals surface area contributed by atoms with Crippen molar-refractivity contribution in [3.63, 3.8) is 0 Å². The van der Waals surface area contributed by atoms with E-state index in [0.717, 1.165) is 25.7 Å². The Morgan fingerprint density at radius 3 is 2.57 bits per heavy atom. The van der Waals surface area contributed by atoms with E-state index in [2.05, 4.69) is 11.9 Å². The van der Waals surface area contributed by atoms with Crippen molar-refractivity contribution in [3.8, 4) is 0 Å². The largest absolute Gasteiger partial charge is 0.443 e.